The summed E-state index contributed by atoms with van der Waals surface area (Å²) >= 11 is 1.84. The SMILES string of the molecule is CCSc1ccc(C(N)Cc2ncnn2C)cc1. The van der Waals surface area contributed by atoms with E-state index < -0.39 is 0 Å². The van der Waals surface area contributed by atoms with Crippen molar-refractivity contribution in [2.75, 3.05) is 5.75 Å². The smallest absolute Gasteiger partial charge is 0.138 e. The molecule has 0 aliphatic rings. The Morgan fingerprint density at radius 3 is 2.61 bits per heavy atom. The van der Waals surface area contributed by atoms with Crippen LogP contribution in [0, 0.1) is 0 Å². The lowest BCUT2D eigenvalue weighted by Crippen LogP contribution is -2.16. The van der Waals surface area contributed by atoms with Gasteiger partial charge in [-0.1, -0.05) is 19.1 Å². The predicted octanol–water partition coefficient (Wildman–Crippen LogP) is 2.17. The molecule has 96 valence electrons. The van der Waals surface area contributed by atoms with Crippen molar-refractivity contribution >= 4 is 11.8 Å². The molecule has 1 heterocycles. The molecule has 5 heteroatoms. The Hall–Kier alpha value is -1.33. The Labute approximate surface area is 112 Å². The molecule has 0 fully saturated rings. The first-order valence-corrected chi connectivity index (χ1v) is 7.00. The lowest BCUT2D eigenvalue weighted by molar-refractivity contribution is 0.629. The first-order valence-electron chi connectivity index (χ1n) is 6.02. The first kappa shape index (κ1) is 13.1. The average molecular weight is 262 g/mol. The Balaban J connectivity index is 2.04. The molecule has 2 rings (SSSR count). The Morgan fingerprint density at radius 1 is 1.33 bits per heavy atom. The van der Waals surface area contributed by atoms with Gasteiger partial charge in [-0.15, -0.1) is 11.8 Å². The molecule has 0 aliphatic carbocycles. The second kappa shape index (κ2) is 6.02. The monoisotopic (exact) mass is 262 g/mol. The molecule has 0 bridgehead atoms. The summed E-state index contributed by atoms with van der Waals surface area (Å²) in [5, 5.41) is 4.05. The van der Waals surface area contributed by atoms with E-state index in [0.29, 0.717) is 6.42 Å². The number of thioether (sulfide) groups is 1. The second-order valence-corrected chi connectivity index (χ2v) is 5.45. The van der Waals surface area contributed by atoms with Crippen molar-refractivity contribution in [2.45, 2.75) is 24.3 Å². The van der Waals surface area contributed by atoms with Gasteiger partial charge in [-0.25, -0.2) is 4.98 Å². The van der Waals surface area contributed by atoms with Crippen LogP contribution < -0.4 is 5.73 Å². The summed E-state index contributed by atoms with van der Waals surface area (Å²) in [6, 6.07) is 8.41. The van der Waals surface area contributed by atoms with E-state index in [1.54, 1.807) is 11.0 Å². The molecule has 0 saturated carbocycles. The van der Waals surface area contributed by atoms with E-state index in [2.05, 4.69) is 41.3 Å². The van der Waals surface area contributed by atoms with Crippen LogP contribution in [-0.2, 0) is 13.5 Å². The largest absolute Gasteiger partial charge is 0.324 e. The molecule has 0 aliphatic heterocycles. The fourth-order valence-corrected chi connectivity index (χ4v) is 2.46. The highest BCUT2D eigenvalue weighted by molar-refractivity contribution is 7.99. The van der Waals surface area contributed by atoms with Gasteiger partial charge in [0.15, 0.2) is 0 Å². The van der Waals surface area contributed by atoms with Gasteiger partial charge in [-0.3, -0.25) is 4.68 Å². The molecule has 1 unspecified atom stereocenters. The molecule has 18 heavy (non-hydrogen) atoms. The summed E-state index contributed by atoms with van der Waals surface area (Å²) in [4.78, 5) is 5.48. The number of nitrogens with zero attached hydrogens (tertiary/aromatic N) is 3. The van der Waals surface area contributed by atoms with E-state index >= 15 is 0 Å². The molecule has 0 spiro atoms. The molecular formula is C13H18N4S. The lowest BCUT2D eigenvalue weighted by atomic mass is 10.0. The average Bonchev–Trinajstić information content (AvgIpc) is 2.76. The molecule has 0 radical (unpaired) electrons. The van der Waals surface area contributed by atoms with E-state index in [-0.39, 0.29) is 6.04 Å². The Kier molecular flexibility index (Phi) is 4.38. The van der Waals surface area contributed by atoms with E-state index in [1.807, 2.05) is 18.8 Å². The zero-order valence-corrected chi connectivity index (χ0v) is 11.5. The summed E-state index contributed by atoms with van der Waals surface area (Å²) in [7, 11) is 1.88. The fraction of sp³-hybridized carbons (Fsp3) is 0.385. The number of hydrogen-bond acceptors (Lipinski definition) is 4. The Morgan fingerprint density at radius 2 is 2.06 bits per heavy atom. The van der Waals surface area contributed by atoms with Crippen molar-refractivity contribution in [3.8, 4) is 0 Å². The minimum absolute atomic E-state index is 0.0337. The molecule has 4 nitrogen and oxygen atoms in total. The standard InChI is InChI=1S/C13H18N4S/c1-3-18-11-6-4-10(5-7-11)12(14)8-13-15-9-16-17(13)2/h4-7,9,12H,3,8,14H2,1-2H3. The van der Waals surface area contributed by atoms with Crippen molar-refractivity contribution in [1.82, 2.24) is 14.8 Å². The number of rotatable bonds is 5. The minimum Gasteiger partial charge on any atom is -0.324 e. The minimum atomic E-state index is -0.0337. The highest BCUT2D eigenvalue weighted by atomic mass is 32.2. The van der Waals surface area contributed by atoms with Crippen LogP contribution in [0.15, 0.2) is 35.5 Å². The zero-order valence-electron chi connectivity index (χ0n) is 10.7. The highest BCUT2D eigenvalue weighted by Crippen LogP contribution is 2.21. The van der Waals surface area contributed by atoms with Gasteiger partial charge in [0.05, 0.1) is 0 Å². The van der Waals surface area contributed by atoms with Gasteiger partial charge in [0.2, 0.25) is 0 Å². The summed E-state index contributed by atoms with van der Waals surface area (Å²) in [6.45, 7) is 2.15. The quantitative estimate of drug-likeness (QED) is 0.839. The van der Waals surface area contributed by atoms with Gasteiger partial charge in [-0.05, 0) is 23.4 Å². The number of nitrogens with two attached hydrogens (primary N) is 1. The maximum absolute atomic E-state index is 6.19. The van der Waals surface area contributed by atoms with Crippen LogP contribution in [0.1, 0.15) is 24.4 Å². The van der Waals surface area contributed by atoms with Crippen molar-refractivity contribution in [1.29, 1.82) is 0 Å². The highest BCUT2D eigenvalue weighted by Gasteiger charge is 2.10. The van der Waals surface area contributed by atoms with E-state index in [0.717, 1.165) is 17.1 Å². The van der Waals surface area contributed by atoms with Crippen molar-refractivity contribution in [2.24, 2.45) is 12.8 Å². The molecule has 1 atom stereocenters. The van der Waals surface area contributed by atoms with Gasteiger partial charge in [0.1, 0.15) is 12.2 Å². The molecule has 1 aromatic heterocycles. The third-order valence-corrected chi connectivity index (χ3v) is 3.72. The maximum atomic E-state index is 6.19. The predicted molar refractivity (Wildman–Crippen MR) is 74.5 cm³/mol. The van der Waals surface area contributed by atoms with Gasteiger partial charge in [-0.2, -0.15) is 5.10 Å². The molecule has 0 amide bonds. The number of aromatic nitrogens is 3. The molecule has 2 N–H and O–H groups in total. The van der Waals surface area contributed by atoms with Crippen molar-refractivity contribution in [3.63, 3.8) is 0 Å². The van der Waals surface area contributed by atoms with Crippen molar-refractivity contribution in [3.05, 3.63) is 42.0 Å². The molecule has 1 aromatic carbocycles. The van der Waals surface area contributed by atoms with Crippen LogP contribution in [-0.4, -0.2) is 20.5 Å². The van der Waals surface area contributed by atoms with Gasteiger partial charge in [0, 0.05) is 24.4 Å². The van der Waals surface area contributed by atoms with Crippen molar-refractivity contribution < 1.29 is 0 Å². The van der Waals surface area contributed by atoms with Gasteiger partial charge in [0.25, 0.3) is 0 Å². The van der Waals surface area contributed by atoms with Gasteiger partial charge < -0.3 is 5.73 Å². The third-order valence-electron chi connectivity index (χ3n) is 2.83. The third kappa shape index (κ3) is 3.11. The summed E-state index contributed by atoms with van der Waals surface area (Å²) < 4.78 is 1.77. The van der Waals surface area contributed by atoms with Gasteiger partial charge >= 0.3 is 0 Å². The number of hydrogen-bond donors (Lipinski definition) is 1. The maximum Gasteiger partial charge on any atom is 0.138 e. The number of aryl methyl sites for hydroxylation is 1. The summed E-state index contributed by atoms with van der Waals surface area (Å²) in [5.74, 6) is 2.00. The molecular weight excluding hydrogens is 244 g/mol. The number of benzene rings is 1. The van der Waals surface area contributed by atoms with Crippen LogP contribution in [0.5, 0.6) is 0 Å². The normalized spacial score (nSPS) is 12.6. The Bertz CT molecular complexity index is 492. The van der Waals surface area contributed by atoms with E-state index in [9.17, 15) is 0 Å². The second-order valence-electron chi connectivity index (χ2n) is 4.11. The van der Waals surface area contributed by atoms with Crippen LogP contribution >= 0.6 is 11.8 Å². The van der Waals surface area contributed by atoms with Crippen LogP contribution in [0.2, 0.25) is 0 Å². The van der Waals surface area contributed by atoms with E-state index in [1.165, 1.54) is 4.90 Å². The van der Waals surface area contributed by atoms with E-state index in [4.69, 9.17) is 5.73 Å². The lowest BCUT2D eigenvalue weighted by Gasteiger charge is -2.11. The summed E-state index contributed by atoms with van der Waals surface area (Å²) in [5.41, 5.74) is 7.33. The molecule has 0 saturated heterocycles. The molecule has 2 aromatic rings. The topological polar surface area (TPSA) is 56.7 Å². The fourth-order valence-electron chi connectivity index (χ4n) is 1.80. The van der Waals surface area contributed by atoms with Crippen LogP contribution in [0.4, 0.5) is 0 Å². The summed E-state index contributed by atoms with van der Waals surface area (Å²) in [6.07, 6.45) is 2.26. The van der Waals surface area contributed by atoms with Crippen LogP contribution in [0.3, 0.4) is 0 Å². The van der Waals surface area contributed by atoms with Crippen LogP contribution in [0.25, 0.3) is 0 Å². The zero-order chi connectivity index (χ0) is 13.0. The first-order chi connectivity index (χ1) is 8.70.